The van der Waals surface area contributed by atoms with Crippen molar-refractivity contribution in [3.05, 3.63) is 21.7 Å². The molecule has 0 fully saturated rings. The lowest BCUT2D eigenvalue weighted by Gasteiger charge is -2.05. The zero-order chi connectivity index (χ0) is 13.3. The predicted molar refractivity (Wildman–Crippen MR) is 67.6 cm³/mol. The highest BCUT2D eigenvalue weighted by Gasteiger charge is 2.15. The van der Waals surface area contributed by atoms with Crippen molar-refractivity contribution in [1.82, 2.24) is 24.7 Å². The maximum atomic E-state index is 6.07. The van der Waals surface area contributed by atoms with Gasteiger partial charge in [-0.3, -0.25) is 0 Å². The van der Waals surface area contributed by atoms with Gasteiger partial charge in [-0.05, 0) is 32.4 Å². The van der Waals surface area contributed by atoms with Crippen LogP contribution in [-0.4, -0.2) is 31.3 Å². The monoisotopic (exact) mass is 287 g/mol. The van der Waals surface area contributed by atoms with Crippen LogP contribution < -0.4 is 4.74 Å². The maximum absolute atomic E-state index is 6.07. The molecular weight excluding hydrogens is 277 g/mol. The van der Waals surface area contributed by atoms with Gasteiger partial charge in [0.25, 0.3) is 5.95 Å². The summed E-state index contributed by atoms with van der Waals surface area (Å²) >= 11 is 11.9. The van der Waals surface area contributed by atoms with Crippen molar-refractivity contribution in [3.63, 3.8) is 0 Å². The summed E-state index contributed by atoms with van der Waals surface area (Å²) in [7, 11) is 0. The number of rotatable bonds is 3. The standard InChI is InChI=1S/C10H11Cl2N5O/c1-4-18-10-14-8(12)13-9(15-10)17-6(3)7(11)5(2)16-17/h4H2,1-3H3. The highest BCUT2D eigenvalue weighted by atomic mass is 35.5. The number of hydrogen-bond acceptors (Lipinski definition) is 5. The lowest BCUT2D eigenvalue weighted by molar-refractivity contribution is 0.310. The fourth-order valence-electron chi connectivity index (χ4n) is 1.43. The largest absolute Gasteiger partial charge is 0.464 e. The molecular formula is C10H11Cl2N5O. The third kappa shape index (κ3) is 2.39. The Bertz CT molecular complexity index is 584. The minimum absolute atomic E-state index is 0.0483. The SMILES string of the molecule is CCOc1nc(Cl)nc(-n2nc(C)c(Cl)c2C)n1. The van der Waals surface area contributed by atoms with Crippen molar-refractivity contribution in [1.29, 1.82) is 0 Å². The summed E-state index contributed by atoms with van der Waals surface area (Å²) in [5.41, 5.74) is 1.43. The molecule has 0 atom stereocenters. The molecule has 18 heavy (non-hydrogen) atoms. The molecule has 6 nitrogen and oxygen atoms in total. The molecule has 0 unspecified atom stereocenters. The van der Waals surface area contributed by atoms with E-state index in [1.807, 2.05) is 13.8 Å². The van der Waals surface area contributed by atoms with Crippen molar-refractivity contribution in [3.8, 4) is 12.0 Å². The van der Waals surface area contributed by atoms with Crippen LogP contribution >= 0.6 is 23.2 Å². The van der Waals surface area contributed by atoms with Crippen LogP contribution in [0.1, 0.15) is 18.3 Å². The Labute approximate surface area is 114 Å². The molecule has 96 valence electrons. The summed E-state index contributed by atoms with van der Waals surface area (Å²) < 4.78 is 6.71. The lowest BCUT2D eigenvalue weighted by Crippen LogP contribution is -2.08. The third-order valence-corrected chi connectivity index (χ3v) is 2.96. The molecule has 0 aromatic carbocycles. The zero-order valence-electron chi connectivity index (χ0n) is 10.1. The highest BCUT2D eigenvalue weighted by Crippen LogP contribution is 2.21. The molecule has 2 heterocycles. The number of aromatic nitrogens is 5. The van der Waals surface area contributed by atoms with Gasteiger partial charge in [0.1, 0.15) is 0 Å². The van der Waals surface area contributed by atoms with Gasteiger partial charge in [-0.2, -0.15) is 20.1 Å². The van der Waals surface area contributed by atoms with Crippen LogP contribution in [0.4, 0.5) is 0 Å². The second kappa shape index (κ2) is 5.07. The topological polar surface area (TPSA) is 65.7 Å². The van der Waals surface area contributed by atoms with Gasteiger partial charge in [0, 0.05) is 0 Å². The van der Waals surface area contributed by atoms with E-state index in [9.17, 15) is 0 Å². The van der Waals surface area contributed by atoms with Crippen LogP contribution in [0.2, 0.25) is 10.3 Å². The Morgan fingerprint density at radius 3 is 2.44 bits per heavy atom. The normalized spacial score (nSPS) is 10.7. The second-order valence-electron chi connectivity index (χ2n) is 3.52. The molecule has 2 aromatic rings. The molecule has 0 aliphatic heterocycles. The molecule has 0 saturated carbocycles. The number of ether oxygens (including phenoxy) is 1. The van der Waals surface area contributed by atoms with Crippen molar-refractivity contribution >= 4 is 23.2 Å². The predicted octanol–water partition coefficient (Wildman–Crippen LogP) is 2.38. The number of aryl methyl sites for hydroxylation is 1. The second-order valence-corrected chi connectivity index (χ2v) is 4.23. The number of hydrogen-bond donors (Lipinski definition) is 0. The Morgan fingerprint density at radius 2 is 1.89 bits per heavy atom. The molecule has 0 aliphatic rings. The number of nitrogens with zero attached hydrogens (tertiary/aromatic N) is 5. The zero-order valence-corrected chi connectivity index (χ0v) is 11.6. The van der Waals surface area contributed by atoms with Crippen LogP contribution in [0.15, 0.2) is 0 Å². The van der Waals surface area contributed by atoms with Crippen LogP contribution in [0, 0.1) is 13.8 Å². The molecule has 0 bridgehead atoms. The average Bonchev–Trinajstić information content (AvgIpc) is 2.57. The van der Waals surface area contributed by atoms with Gasteiger partial charge in [0.05, 0.1) is 23.0 Å². The lowest BCUT2D eigenvalue weighted by atomic mass is 10.4. The Kier molecular flexibility index (Phi) is 3.68. The van der Waals surface area contributed by atoms with E-state index in [-0.39, 0.29) is 17.2 Å². The van der Waals surface area contributed by atoms with E-state index >= 15 is 0 Å². The molecule has 0 N–H and O–H groups in total. The van der Waals surface area contributed by atoms with E-state index < -0.39 is 0 Å². The van der Waals surface area contributed by atoms with Crippen molar-refractivity contribution in [2.75, 3.05) is 6.61 Å². The van der Waals surface area contributed by atoms with Gasteiger partial charge in [0.15, 0.2) is 0 Å². The van der Waals surface area contributed by atoms with Crippen LogP contribution in [-0.2, 0) is 0 Å². The molecule has 0 saturated heterocycles. The number of halogens is 2. The summed E-state index contributed by atoms with van der Waals surface area (Å²) in [4.78, 5) is 12.0. The van der Waals surface area contributed by atoms with Crippen molar-refractivity contribution in [2.24, 2.45) is 0 Å². The van der Waals surface area contributed by atoms with Gasteiger partial charge in [-0.1, -0.05) is 11.6 Å². The van der Waals surface area contributed by atoms with E-state index in [0.29, 0.717) is 17.3 Å². The smallest absolute Gasteiger partial charge is 0.322 e. The van der Waals surface area contributed by atoms with Gasteiger partial charge >= 0.3 is 6.01 Å². The Hall–Kier alpha value is -1.40. The highest BCUT2D eigenvalue weighted by molar-refractivity contribution is 6.31. The molecule has 0 aliphatic carbocycles. The Balaban J connectivity index is 2.52. The first-order valence-electron chi connectivity index (χ1n) is 5.29. The molecule has 0 radical (unpaired) electrons. The van der Waals surface area contributed by atoms with Crippen LogP contribution in [0.25, 0.3) is 5.95 Å². The first-order valence-corrected chi connectivity index (χ1v) is 6.05. The molecule has 2 aromatic heterocycles. The van der Waals surface area contributed by atoms with Gasteiger partial charge in [-0.15, -0.1) is 0 Å². The summed E-state index contributed by atoms with van der Waals surface area (Å²) in [6.07, 6.45) is 0. The van der Waals surface area contributed by atoms with E-state index in [4.69, 9.17) is 27.9 Å². The van der Waals surface area contributed by atoms with Crippen molar-refractivity contribution in [2.45, 2.75) is 20.8 Å². The molecule has 8 heteroatoms. The summed E-state index contributed by atoms with van der Waals surface area (Å²) in [6, 6.07) is 0.163. The fraction of sp³-hybridized carbons (Fsp3) is 0.400. The first kappa shape index (κ1) is 13.0. The van der Waals surface area contributed by atoms with E-state index in [1.54, 1.807) is 6.92 Å². The fourth-order valence-corrected chi connectivity index (χ4v) is 1.69. The van der Waals surface area contributed by atoms with Gasteiger partial charge < -0.3 is 4.74 Å². The van der Waals surface area contributed by atoms with Gasteiger partial charge in [-0.25, -0.2) is 4.68 Å². The van der Waals surface area contributed by atoms with E-state index in [0.717, 1.165) is 5.69 Å². The minimum atomic E-state index is 0.0483. The summed E-state index contributed by atoms with van der Waals surface area (Å²) in [5, 5.41) is 4.86. The van der Waals surface area contributed by atoms with Crippen molar-refractivity contribution < 1.29 is 4.74 Å². The third-order valence-electron chi connectivity index (χ3n) is 2.24. The molecule has 2 rings (SSSR count). The molecule has 0 amide bonds. The Morgan fingerprint density at radius 1 is 1.17 bits per heavy atom. The first-order chi connectivity index (χ1) is 8.52. The van der Waals surface area contributed by atoms with Gasteiger partial charge in [0.2, 0.25) is 5.28 Å². The molecule has 0 spiro atoms. The van der Waals surface area contributed by atoms with E-state index in [1.165, 1.54) is 4.68 Å². The van der Waals surface area contributed by atoms with E-state index in [2.05, 4.69) is 20.1 Å². The average molecular weight is 288 g/mol. The van der Waals surface area contributed by atoms with Crippen LogP contribution in [0.5, 0.6) is 6.01 Å². The summed E-state index contributed by atoms with van der Waals surface area (Å²) in [5.74, 6) is 0.283. The summed E-state index contributed by atoms with van der Waals surface area (Å²) in [6.45, 7) is 5.90. The quantitative estimate of drug-likeness (QED) is 0.867. The maximum Gasteiger partial charge on any atom is 0.322 e. The minimum Gasteiger partial charge on any atom is -0.464 e. The van der Waals surface area contributed by atoms with Crippen LogP contribution in [0.3, 0.4) is 0 Å².